The van der Waals surface area contributed by atoms with Gasteiger partial charge in [-0.05, 0) is 37.6 Å². The van der Waals surface area contributed by atoms with E-state index >= 15 is 0 Å². The molecule has 18 heavy (non-hydrogen) atoms. The van der Waals surface area contributed by atoms with Crippen molar-refractivity contribution in [3.05, 3.63) is 51.8 Å². The summed E-state index contributed by atoms with van der Waals surface area (Å²) in [7, 11) is 0. The highest BCUT2D eigenvalue weighted by Crippen LogP contribution is 2.29. The minimum atomic E-state index is -0.760. The molecule has 0 saturated carbocycles. The van der Waals surface area contributed by atoms with Gasteiger partial charge in [-0.2, -0.15) is 5.10 Å². The molecule has 2 rings (SSSR count). The van der Waals surface area contributed by atoms with Crippen molar-refractivity contribution in [2.45, 2.75) is 26.0 Å². The largest absolute Gasteiger partial charge is 0.382 e. The average molecular weight is 285 g/mol. The summed E-state index contributed by atoms with van der Waals surface area (Å²) in [6.07, 6.45) is 0.917. The zero-order valence-corrected chi connectivity index (χ0v) is 11.7. The van der Waals surface area contributed by atoms with E-state index in [0.29, 0.717) is 15.6 Å². The number of rotatable bonds is 3. The van der Waals surface area contributed by atoms with E-state index < -0.39 is 6.10 Å². The highest BCUT2D eigenvalue weighted by Gasteiger charge is 2.17. The van der Waals surface area contributed by atoms with Crippen LogP contribution in [-0.4, -0.2) is 14.9 Å². The summed E-state index contributed by atoms with van der Waals surface area (Å²) in [5.41, 5.74) is 1.44. The topological polar surface area (TPSA) is 38.0 Å². The maximum absolute atomic E-state index is 10.4. The van der Waals surface area contributed by atoms with E-state index in [1.807, 2.05) is 13.8 Å². The fourth-order valence-corrected chi connectivity index (χ4v) is 2.13. The van der Waals surface area contributed by atoms with Gasteiger partial charge in [-0.1, -0.05) is 29.3 Å². The van der Waals surface area contributed by atoms with Gasteiger partial charge in [-0.15, -0.1) is 0 Å². The Morgan fingerprint density at radius 2 is 1.89 bits per heavy atom. The third-order valence-corrected chi connectivity index (χ3v) is 3.47. The Morgan fingerprint density at radius 3 is 2.50 bits per heavy atom. The van der Waals surface area contributed by atoms with Crippen LogP contribution in [0.5, 0.6) is 0 Å². The van der Waals surface area contributed by atoms with E-state index in [2.05, 4.69) is 5.10 Å². The molecule has 0 bridgehead atoms. The highest BCUT2D eigenvalue weighted by molar-refractivity contribution is 6.42. The van der Waals surface area contributed by atoms with Gasteiger partial charge < -0.3 is 5.11 Å². The molecule has 1 aromatic heterocycles. The van der Waals surface area contributed by atoms with E-state index in [4.69, 9.17) is 23.2 Å². The van der Waals surface area contributed by atoms with E-state index in [1.54, 1.807) is 35.1 Å². The van der Waals surface area contributed by atoms with Crippen LogP contribution in [0.1, 0.15) is 37.3 Å². The number of aliphatic hydroxyl groups excluding tert-OH is 1. The van der Waals surface area contributed by atoms with Gasteiger partial charge in [0.05, 0.1) is 15.7 Å². The summed E-state index contributed by atoms with van der Waals surface area (Å²) in [5, 5.41) is 15.5. The second-order valence-corrected chi connectivity index (χ2v) is 5.18. The number of halogens is 2. The van der Waals surface area contributed by atoms with E-state index in [0.717, 1.165) is 5.69 Å². The number of hydrogen-bond donors (Lipinski definition) is 1. The number of aliphatic hydroxyl groups is 1. The Bertz CT molecular complexity index is 552. The number of benzene rings is 1. The molecular weight excluding hydrogens is 271 g/mol. The number of hydrogen-bond acceptors (Lipinski definition) is 2. The SMILES string of the molecule is CC(C)n1nccc1C(O)c1ccc(Cl)c(Cl)c1. The second kappa shape index (κ2) is 5.31. The van der Waals surface area contributed by atoms with Crippen LogP contribution in [0.25, 0.3) is 0 Å². The summed E-state index contributed by atoms with van der Waals surface area (Å²) in [5.74, 6) is 0. The Balaban J connectivity index is 2.38. The lowest BCUT2D eigenvalue weighted by Crippen LogP contribution is -2.12. The van der Waals surface area contributed by atoms with E-state index in [-0.39, 0.29) is 6.04 Å². The zero-order chi connectivity index (χ0) is 13.3. The molecule has 0 spiro atoms. The molecule has 1 atom stereocenters. The van der Waals surface area contributed by atoms with Gasteiger partial charge in [0.2, 0.25) is 0 Å². The Morgan fingerprint density at radius 1 is 1.17 bits per heavy atom. The molecule has 0 fully saturated rings. The van der Waals surface area contributed by atoms with Crippen molar-refractivity contribution in [2.24, 2.45) is 0 Å². The second-order valence-electron chi connectivity index (χ2n) is 4.37. The van der Waals surface area contributed by atoms with Crippen molar-refractivity contribution in [1.29, 1.82) is 0 Å². The van der Waals surface area contributed by atoms with E-state index in [1.165, 1.54) is 0 Å². The molecule has 1 N–H and O–H groups in total. The molecule has 1 unspecified atom stereocenters. The zero-order valence-electron chi connectivity index (χ0n) is 10.1. The van der Waals surface area contributed by atoms with Gasteiger partial charge in [0.15, 0.2) is 0 Å². The van der Waals surface area contributed by atoms with Crippen LogP contribution in [0, 0.1) is 0 Å². The summed E-state index contributed by atoms with van der Waals surface area (Å²) in [6, 6.07) is 7.10. The lowest BCUT2D eigenvalue weighted by molar-refractivity contribution is 0.205. The quantitative estimate of drug-likeness (QED) is 0.930. The first-order valence-electron chi connectivity index (χ1n) is 5.67. The van der Waals surface area contributed by atoms with Gasteiger partial charge in [0.1, 0.15) is 6.10 Å². The summed E-state index contributed by atoms with van der Waals surface area (Å²) in [4.78, 5) is 0. The van der Waals surface area contributed by atoms with Gasteiger partial charge in [-0.3, -0.25) is 4.68 Å². The molecule has 0 aliphatic heterocycles. The van der Waals surface area contributed by atoms with Crippen molar-refractivity contribution in [3.63, 3.8) is 0 Å². The fourth-order valence-electron chi connectivity index (χ4n) is 1.83. The van der Waals surface area contributed by atoms with Gasteiger partial charge in [-0.25, -0.2) is 0 Å². The van der Waals surface area contributed by atoms with Crippen LogP contribution in [0.4, 0.5) is 0 Å². The van der Waals surface area contributed by atoms with Gasteiger partial charge >= 0.3 is 0 Å². The third kappa shape index (κ3) is 2.53. The first-order chi connectivity index (χ1) is 8.50. The lowest BCUT2D eigenvalue weighted by atomic mass is 10.1. The first kappa shape index (κ1) is 13.4. The van der Waals surface area contributed by atoms with Crippen molar-refractivity contribution in [3.8, 4) is 0 Å². The smallest absolute Gasteiger partial charge is 0.121 e. The van der Waals surface area contributed by atoms with Crippen LogP contribution >= 0.6 is 23.2 Å². The van der Waals surface area contributed by atoms with Crippen molar-refractivity contribution in [2.75, 3.05) is 0 Å². The maximum atomic E-state index is 10.4. The molecule has 0 aliphatic rings. The van der Waals surface area contributed by atoms with E-state index in [9.17, 15) is 5.11 Å². The predicted molar refractivity (Wildman–Crippen MR) is 73.1 cm³/mol. The van der Waals surface area contributed by atoms with Crippen molar-refractivity contribution >= 4 is 23.2 Å². The van der Waals surface area contributed by atoms with Gasteiger partial charge in [0.25, 0.3) is 0 Å². The maximum Gasteiger partial charge on any atom is 0.121 e. The third-order valence-electron chi connectivity index (χ3n) is 2.73. The summed E-state index contributed by atoms with van der Waals surface area (Å²) in [6.45, 7) is 4.02. The molecule has 0 amide bonds. The van der Waals surface area contributed by atoms with Crippen LogP contribution < -0.4 is 0 Å². The van der Waals surface area contributed by atoms with Crippen LogP contribution in [0.2, 0.25) is 10.0 Å². The lowest BCUT2D eigenvalue weighted by Gasteiger charge is -2.16. The molecule has 5 heteroatoms. The van der Waals surface area contributed by atoms with Crippen LogP contribution in [-0.2, 0) is 0 Å². The molecule has 0 aliphatic carbocycles. The Hall–Kier alpha value is -1.03. The standard InChI is InChI=1S/C13H14Cl2N2O/c1-8(2)17-12(5-6-16-17)13(18)9-3-4-10(14)11(15)7-9/h3-8,13,18H,1-2H3. The molecule has 1 aromatic carbocycles. The summed E-state index contributed by atoms with van der Waals surface area (Å²) < 4.78 is 1.78. The fraction of sp³-hybridized carbons (Fsp3) is 0.308. The molecule has 1 heterocycles. The molecule has 96 valence electrons. The highest BCUT2D eigenvalue weighted by atomic mass is 35.5. The summed E-state index contributed by atoms with van der Waals surface area (Å²) >= 11 is 11.8. The molecule has 0 radical (unpaired) electrons. The molecule has 3 nitrogen and oxygen atoms in total. The van der Waals surface area contributed by atoms with Crippen LogP contribution in [0.15, 0.2) is 30.5 Å². The average Bonchev–Trinajstić information content (AvgIpc) is 2.81. The molecular formula is C13H14Cl2N2O. The minimum absolute atomic E-state index is 0.187. The van der Waals surface area contributed by atoms with Crippen molar-refractivity contribution in [1.82, 2.24) is 9.78 Å². The first-order valence-corrected chi connectivity index (χ1v) is 6.42. The Kier molecular flexibility index (Phi) is 3.95. The minimum Gasteiger partial charge on any atom is -0.382 e. The van der Waals surface area contributed by atoms with Gasteiger partial charge in [0, 0.05) is 12.2 Å². The number of nitrogens with zero attached hydrogens (tertiary/aromatic N) is 2. The predicted octanol–water partition coefficient (Wildman–Crippen LogP) is 3.85. The monoisotopic (exact) mass is 284 g/mol. The molecule has 0 saturated heterocycles. The Labute approximate surface area is 116 Å². The van der Waals surface area contributed by atoms with Crippen LogP contribution in [0.3, 0.4) is 0 Å². The normalized spacial score (nSPS) is 13.0. The van der Waals surface area contributed by atoms with Crippen molar-refractivity contribution < 1.29 is 5.11 Å². The molecule has 2 aromatic rings. The number of aromatic nitrogens is 2.